The van der Waals surface area contributed by atoms with Crippen LogP contribution in [0.5, 0.6) is 0 Å². The number of anilines is 1. The molecule has 8 nitrogen and oxygen atoms in total. The molecule has 142 valence electrons. The lowest BCUT2D eigenvalue weighted by Crippen LogP contribution is -2.32. The Morgan fingerprint density at radius 1 is 1.11 bits per heavy atom. The number of hydrogen-bond acceptors (Lipinski definition) is 5. The Hall–Kier alpha value is -1.74. The van der Waals surface area contributed by atoms with Gasteiger partial charge in [-0.3, -0.25) is 8.87 Å². The molecule has 0 amide bonds. The van der Waals surface area contributed by atoms with Crippen LogP contribution in [0, 0.1) is 0 Å². The predicted molar refractivity (Wildman–Crippen MR) is 103 cm³/mol. The van der Waals surface area contributed by atoms with E-state index < -0.39 is 23.9 Å². The molecule has 0 aliphatic heterocycles. The lowest BCUT2D eigenvalue weighted by atomic mass is 10.2. The number of benzene rings is 2. The lowest BCUT2D eigenvalue weighted by molar-refractivity contribution is 0.373. The maximum atomic E-state index is 13.2. The minimum atomic E-state index is -4.77. The van der Waals surface area contributed by atoms with Gasteiger partial charge in [0.15, 0.2) is 0 Å². The summed E-state index contributed by atoms with van der Waals surface area (Å²) < 4.78 is 38.6. The highest BCUT2D eigenvalue weighted by molar-refractivity contribution is 7.93. The van der Waals surface area contributed by atoms with E-state index in [1.54, 1.807) is 6.07 Å². The van der Waals surface area contributed by atoms with E-state index in [0.29, 0.717) is 9.69 Å². The fourth-order valence-electron chi connectivity index (χ4n) is 2.45. The quantitative estimate of drug-likeness (QED) is 0.575. The van der Waals surface area contributed by atoms with Crippen molar-refractivity contribution < 1.29 is 22.8 Å². The third-order valence-electron chi connectivity index (χ3n) is 3.52. The van der Waals surface area contributed by atoms with Gasteiger partial charge in [-0.1, -0.05) is 35.3 Å². The van der Waals surface area contributed by atoms with Crippen molar-refractivity contribution in [1.82, 2.24) is 9.97 Å². The molecule has 0 unspecified atom stereocenters. The molecule has 2 N–H and O–H groups in total. The van der Waals surface area contributed by atoms with Crippen molar-refractivity contribution in [2.75, 3.05) is 10.6 Å². The van der Waals surface area contributed by atoms with E-state index in [0.717, 1.165) is 12.1 Å². The molecule has 1 heterocycles. The smallest absolute Gasteiger partial charge is 0.323 e. The number of fused-ring (bicyclic) bond motifs is 1. The van der Waals surface area contributed by atoms with E-state index in [2.05, 4.69) is 9.97 Å². The molecule has 0 aliphatic carbocycles. The van der Waals surface area contributed by atoms with Crippen LogP contribution in [0.25, 0.3) is 10.9 Å². The second-order valence-electron chi connectivity index (χ2n) is 5.50. The normalized spacial score (nSPS) is 12.3. The molecule has 0 aliphatic rings. The van der Waals surface area contributed by atoms with Crippen LogP contribution >= 0.6 is 30.8 Å². The van der Waals surface area contributed by atoms with Gasteiger partial charge in [0.1, 0.15) is 12.6 Å². The van der Waals surface area contributed by atoms with Crippen molar-refractivity contribution in [1.29, 1.82) is 0 Å². The van der Waals surface area contributed by atoms with Gasteiger partial charge in [-0.25, -0.2) is 18.4 Å². The number of aromatic nitrogens is 2. The highest BCUT2D eigenvalue weighted by Crippen LogP contribution is 2.41. The van der Waals surface area contributed by atoms with E-state index >= 15 is 0 Å². The average Bonchev–Trinajstić information content (AvgIpc) is 2.57. The molecular weight excluding hydrogens is 436 g/mol. The minimum Gasteiger partial charge on any atom is -0.323 e. The molecular formula is C15H12Cl2N3O5PS. The van der Waals surface area contributed by atoms with Gasteiger partial charge in [-0.15, -0.1) is 0 Å². The first-order valence-corrected chi connectivity index (χ1v) is 11.3. The molecule has 0 bridgehead atoms. The standard InChI is InChI=1S/C15H12Cl2N3O5PS/c16-11-4-12(17)6-13(5-11)27(24,25)20(9-26(21,22)23)14-3-1-2-10-7-18-8-19-15(10)14/h1-8H,9H2,(H2,21,22,23). The summed E-state index contributed by atoms with van der Waals surface area (Å²) in [7, 11) is -9.18. The summed E-state index contributed by atoms with van der Waals surface area (Å²) in [6.07, 6.45) is 1.59. The molecule has 0 radical (unpaired) electrons. The van der Waals surface area contributed by atoms with Crippen LogP contribution in [-0.4, -0.2) is 34.5 Å². The van der Waals surface area contributed by atoms with E-state index in [1.165, 1.54) is 30.7 Å². The molecule has 1 aromatic heterocycles. The van der Waals surface area contributed by atoms with E-state index in [-0.39, 0.29) is 26.1 Å². The highest BCUT2D eigenvalue weighted by atomic mass is 35.5. The summed E-state index contributed by atoms with van der Waals surface area (Å²) in [4.78, 5) is 26.5. The molecule has 12 heteroatoms. The van der Waals surface area contributed by atoms with E-state index in [1.807, 2.05) is 0 Å². The van der Waals surface area contributed by atoms with Crippen LogP contribution in [-0.2, 0) is 14.6 Å². The predicted octanol–water partition coefficient (Wildman–Crippen LogP) is 3.27. The zero-order valence-electron chi connectivity index (χ0n) is 13.4. The maximum absolute atomic E-state index is 13.2. The molecule has 2 aromatic carbocycles. The molecule has 3 rings (SSSR count). The van der Waals surface area contributed by atoms with Gasteiger partial charge in [0.2, 0.25) is 0 Å². The topological polar surface area (TPSA) is 121 Å². The maximum Gasteiger partial charge on any atom is 0.345 e. The van der Waals surface area contributed by atoms with Crippen LogP contribution in [0.15, 0.2) is 53.8 Å². The fourth-order valence-corrected chi connectivity index (χ4v) is 5.87. The number of hydrogen-bond donors (Lipinski definition) is 2. The Morgan fingerprint density at radius 3 is 2.41 bits per heavy atom. The lowest BCUT2D eigenvalue weighted by Gasteiger charge is -2.25. The third kappa shape index (κ3) is 4.40. The number of sulfonamides is 1. The van der Waals surface area contributed by atoms with Gasteiger partial charge in [0.05, 0.1) is 16.1 Å². The van der Waals surface area contributed by atoms with Crippen LogP contribution in [0.2, 0.25) is 10.0 Å². The van der Waals surface area contributed by atoms with Gasteiger partial charge >= 0.3 is 7.60 Å². The third-order valence-corrected chi connectivity index (χ3v) is 6.54. The van der Waals surface area contributed by atoms with Gasteiger partial charge in [0, 0.05) is 21.6 Å². The summed E-state index contributed by atoms with van der Waals surface area (Å²) >= 11 is 11.8. The van der Waals surface area contributed by atoms with Crippen LogP contribution in [0.1, 0.15) is 0 Å². The molecule has 0 atom stereocenters. The van der Waals surface area contributed by atoms with Crippen LogP contribution < -0.4 is 4.31 Å². The Kier molecular flexibility index (Phi) is 5.45. The monoisotopic (exact) mass is 447 g/mol. The minimum absolute atomic E-state index is 0.00526. The second-order valence-corrected chi connectivity index (χ2v) is 9.85. The Morgan fingerprint density at radius 2 is 1.78 bits per heavy atom. The van der Waals surface area contributed by atoms with Crippen molar-refractivity contribution >= 4 is 57.4 Å². The van der Waals surface area contributed by atoms with Gasteiger partial charge in [0.25, 0.3) is 10.0 Å². The van der Waals surface area contributed by atoms with Crippen molar-refractivity contribution in [3.8, 4) is 0 Å². The van der Waals surface area contributed by atoms with Gasteiger partial charge in [-0.05, 0) is 24.3 Å². The number of halogens is 2. The Bertz CT molecular complexity index is 1140. The first-order chi connectivity index (χ1) is 12.6. The molecule has 0 spiro atoms. The summed E-state index contributed by atoms with van der Waals surface area (Å²) in [6, 6.07) is 8.23. The molecule has 27 heavy (non-hydrogen) atoms. The zero-order valence-corrected chi connectivity index (χ0v) is 16.6. The Balaban J connectivity index is 2.26. The van der Waals surface area contributed by atoms with Crippen molar-refractivity contribution in [2.45, 2.75) is 4.90 Å². The molecule has 3 aromatic rings. The summed E-state index contributed by atoms with van der Waals surface area (Å²) in [5.41, 5.74) is 0.215. The number of nitrogens with zero attached hydrogens (tertiary/aromatic N) is 3. The summed E-state index contributed by atoms with van der Waals surface area (Å²) in [6.45, 7) is 0. The van der Waals surface area contributed by atoms with Crippen LogP contribution in [0.4, 0.5) is 5.69 Å². The zero-order chi connectivity index (χ0) is 19.8. The Labute approximate surface area is 164 Å². The van der Waals surface area contributed by atoms with Crippen molar-refractivity contribution in [3.05, 3.63) is 59.0 Å². The summed E-state index contributed by atoms with van der Waals surface area (Å²) in [5, 5.41) is 0.639. The first kappa shape index (κ1) is 20.0. The fraction of sp³-hybridized carbons (Fsp3) is 0.0667. The van der Waals surface area contributed by atoms with Gasteiger partial charge < -0.3 is 9.79 Å². The van der Waals surface area contributed by atoms with E-state index in [4.69, 9.17) is 23.2 Å². The van der Waals surface area contributed by atoms with Crippen molar-refractivity contribution in [2.24, 2.45) is 0 Å². The second kappa shape index (κ2) is 7.35. The number of para-hydroxylation sites is 1. The first-order valence-electron chi connectivity index (χ1n) is 7.30. The number of rotatable bonds is 5. The highest BCUT2D eigenvalue weighted by Gasteiger charge is 2.33. The average molecular weight is 448 g/mol. The van der Waals surface area contributed by atoms with Crippen molar-refractivity contribution in [3.63, 3.8) is 0 Å². The van der Waals surface area contributed by atoms with Gasteiger partial charge in [-0.2, -0.15) is 0 Å². The largest absolute Gasteiger partial charge is 0.345 e. The molecule has 0 fully saturated rings. The molecule has 0 saturated carbocycles. The SMILES string of the molecule is O=P(O)(O)CN(c1cccc2cncnc12)S(=O)(=O)c1cc(Cl)cc(Cl)c1. The summed E-state index contributed by atoms with van der Waals surface area (Å²) in [5.74, 6) is 0. The van der Waals surface area contributed by atoms with E-state index in [9.17, 15) is 22.8 Å². The van der Waals surface area contributed by atoms with Crippen LogP contribution in [0.3, 0.4) is 0 Å². The molecule has 0 saturated heterocycles.